The Morgan fingerprint density at radius 2 is 1.79 bits per heavy atom. The van der Waals surface area contributed by atoms with Gasteiger partial charge in [-0.2, -0.15) is 0 Å². The van der Waals surface area contributed by atoms with E-state index in [1.54, 1.807) is 6.20 Å². The molecule has 0 aliphatic rings. The minimum Gasteiger partial charge on any atom is -0.457 e. The summed E-state index contributed by atoms with van der Waals surface area (Å²) in [6, 6.07) is 19.7. The molecule has 2 heterocycles. The number of rotatable bonds is 3. The topological polar surface area (TPSA) is 37.9 Å². The number of nitrogens with zero attached hydrogens (tertiary/aromatic N) is 1. The molecule has 3 nitrogen and oxygen atoms in total. The number of hydrogen-bond donors (Lipinski definition) is 1. The van der Waals surface area contributed by atoms with Gasteiger partial charge in [0.2, 0.25) is 0 Å². The van der Waals surface area contributed by atoms with Crippen LogP contribution in [0.15, 0.2) is 73.1 Å². The van der Waals surface area contributed by atoms with Gasteiger partial charge < -0.3 is 9.72 Å². The van der Waals surface area contributed by atoms with Crippen LogP contribution in [0, 0.1) is 12.3 Å². The second kappa shape index (κ2) is 5.94. The molecule has 0 saturated heterocycles. The number of fused-ring (bicyclic) bond motifs is 1. The van der Waals surface area contributed by atoms with E-state index in [-0.39, 0.29) is 0 Å². The molecule has 0 aliphatic heterocycles. The number of hydrogen-bond acceptors (Lipinski definition) is 2. The van der Waals surface area contributed by atoms with E-state index in [9.17, 15) is 0 Å². The van der Waals surface area contributed by atoms with Gasteiger partial charge in [0.1, 0.15) is 17.1 Å². The molecule has 2 aromatic carbocycles. The van der Waals surface area contributed by atoms with Crippen LogP contribution >= 0.6 is 0 Å². The maximum Gasteiger partial charge on any atom is 0.138 e. The highest BCUT2D eigenvalue weighted by atomic mass is 16.5. The Balaban J connectivity index is 1.81. The van der Waals surface area contributed by atoms with Gasteiger partial charge in [-0.05, 0) is 24.3 Å². The molecule has 0 spiro atoms. The fraction of sp³-hybridized carbons (Fsp3) is 0. The van der Waals surface area contributed by atoms with E-state index in [4.69, 9.17) is 11.2 Å². The molecule has 4 rings (SSSR count). The summed E-state index contributed by atoms with van der Waals surface area (Å²) in [6.45, 7) is 0. The second-order valence-electron chi connectivity index (χ2n) is 5.38. The molecule has 0 amide bonds. The lowest BCUT2D eigenvalue weighted by Gasteiger charge is -2.11. The molecule has 1 N–H and O–H groups in total. The maximum atomic E-state index is 6.04. The van der Waals surface area contributed by atoms with Crippen molar-refractivity contribution in [1.82, 2.24) is 9.97 Å². The van der Waals surface area contributed by atoms with Crippen LogP contribution in [0.4, 0.5) is 0 Å². The van der Waals surface area contributed by atoms with Crippen LogP contribution in [-0.4, -0.2) is 9.97 Å². The number of aromatic amines is 1. The minimum absolute atomic E-state index is 0.780. The van der Waals surface area contributed by atoms with Gasteiger partial charge in [-0.25, -0.2) is 4.98 Å². The predicted octanol–water partition coefficient (Wildman–Crippen LogP) is 5.00. The van der Waals surface area contributed by atoms with Gasteiger partial charge in [-0.15, -0.1) is 6.42 Å². The zero-order valence-corrected chi connectivity index (χ0v) is 12.9. The Hall–Kier alpha value is -3.51. The first-order valence-electron chi connectivity index (χ1n) is 7.61. The monoisotopic (exact) mass is 310 g/mol. The minimum atomic E-state index is 0.780. The third kappa shape index (κ3) is 2.51. The highest BCUT2D eigenvalue weighted by Crippen LogP contribution is 2.34. The van der Waals surface area contributed by atoms with Crippen LogP contribution in [0.1, 0.15) is 5.56 Å². The van der Waals surface area contributed by atoms with Crippen LogP contribution in [-0.2, 0) is 0 Å². The molecule has 0 unspecified atom stereocenters. The van der Waals surface area contributed by atoms with Crippen molar-refractivity contribution in [3.05, 3.63) is 78.6 Å². The van der Waals surface area contributed by atoms with E-state index in [0.29, 0.717) is 0 Å². The molecule has 114 valence electrons. The van der Waals surface area contributed by atoms with E-state index < -0.39 is 0 Å². The van der Waals surface area contributed by atoms with Gasteiger partial charge in [-0.3, -0.25) is 0 Å². The smallest absolute Gasteiger partial charge is 0.138 e. The lowest BCUT2D eigenvalue weighted by molar-refractivity contribution is 0.484. The fourth-order valence-electron chi connectivity index (χ4n) is 2.68. The Labute approximate surface area is 139 Å². The molecular weight excluding hydrogens is 296 g/mol. The summed E-state index contributed by atoms with van der Waals surface area (Å²) in [5.41, 5.74) is 3.53. The molecular formula is C21H14N2O. The normalized spacial score (nSPS) is 10.5. The van der Waals surface area contributed by atoms with Crippen molar-refractivity contribution >= 4 is 11.0 Å². The summed E-state index contributed by atoms with van der Waals surface area (Å²) < 4.78 is 6.04. The van der Waals surface area contributed by atoms with Gasteiger partial charge in [0, 0.05) is 28.9 Å². The molecule has 0 fully saturated rings. The fourth-order valence-corrected chi connectivity index (χ4v) is 2.68. The summed E-state index contributed by atoms with van der Waals surface area (Å²) in [7, 11) is 0. The lowest BCUT2D eigenvalue weighted by Crippen LogP contribution is -1.89. The van der Waals surface area contributed by atoms with E-state index in [1.165, 1.54) is 0 Å². The number of aromatic nitrogens is 2. The Kier molecular flexibility index (Phi) is 3.49. The molecule has 0 radical (unpaired) electrons. The van der Waals surface area contributed by atoms with Crippen LogP contribution in [0.5, 0.6) is 11.5 Å². The molecule has 0 bridgehead atoms. The van der Waals surface area contributed by atoms with E-state index in [2.05, 4.69) is 15.9 Å². The molecule has 2 aromatic heterocycles. The number of benzene rings is 2. The first-order valence-corrected chi connectivity index (χ1v) is 7.61. The first kappa shape index (κ1) is 14.1. The molecule has 0 aliphatic carbocycles. The maximum absolute atomic E-state index is 6.04. The number of terminal acetylenes is 1. The quantitative estimate of drug-likeness (QED) is 0.540. The van der Waals surface area contributed by atoms with Gasteiger partial charge in [0.05, 0.1) is 5.56 Å². The Bertz CT molecular complexity index is 1040. The SMILES string of the molecule is C#Cc1c[nH]c2ncc(-c3ccccc3Oc3ccccc3)cc12. The lowest BCUT2D eigenvalue weighted by atomic mass is 10.0. The number of ether oxygens (including phenoxy) is 1. The Morgan fingerprint density at radius 1 is 1.00 bits per heavy atom. The zero-order chi connectivity index (χ0) is 16.4. The summed E-state index contributed by atoms with van der Waals surface area (Å²) in [4.78, 5) is 7.55. The number of nitrogens with one attached hydrogen (secondary N) is 1. The predicted molar refractivity (Wildman–Crippen MR) is 96.0 cm³/mol. The molecule has 24 heavy (non-hydrogen) atoms. The summed E-state index contributed by atoms with van der Waals surface area (Å²) in [6.07, 6.45) is 9.18. The summed E-state index contributed by atoms with van der Waals surface area (Å²) in [5, 5.41) is 0.935. The molecule has 0 atom stereocenters. The van der Waals surface area contributed by atoms with E-state index in [1.807, 2.05) is 66.9 Å². The standard InChI is InChI=1S/C21H14N2O/c1-2-15-13-22-21-19(15)12-16(14-23-21)18-10-6-7-11-20(18)24-17-8-4-3-5-9-17/h1,3-14H,(H,22,23). The third-order valence-corrected chi connectivity index (χ3v) is 3.86. The largest absolute Gasteiger partial charge is 0.457 e. The highest BCUT2D eigenvalue weighted by molar-refractivity contribution is 5.87. The molecule has 0 saturated carbocycles. The van der Waals surface area contributed by atoms with Crippen molar-refractivity contribution in [3.8, 4) is 35.0 Å². The average Bonchev–Trinajstić information content (AvgIpc) is 3.05. The van der Waals surface area contributed by atoms with Gasteiger partial charge in [-0.1, -0.05) is 42.3 Å². The van der Waals surface area contributed by atoms with Crippen molar-refractivity contribution in [2.75, 3.05) is 0 Å². The van der Waals surface area contributed by atoms with Crippen molar-refractivity contribution in [2.24, 2.45) is 0 Å². The van der Waals surface area contributed by atoms with Crippen LogP contribution in [0.2, 0.25) is 0 Å². The third-order valence-electron chi connectivity index (χ3n) is 3.86. The Morgan fingerprint density at radius 3 is 2.62 bits per heavy atom. The van der Waals surface area contributed by atoms with E-state index >= 15 is 0 Å². The van der Waals surface area contributed by atoms with Crippen molar-refractivity contribution < 1.29 is 4.74 Å². The number of pyridine rings is 1. The average molecular weight is 310 g/mol. The second-order valence-corrected chi connectivity index (χ2v) is 5.38. The molecule has 4 aromatic rings. The first-order chi connectivity index (χ1) is 11.8. The van der Waals surface area contributed by atoms with Crippen molar-refractivity contribution in [1.29, 1.82) is 0 Å². The number of H-pyrrole nitrogens is 1. The van der Waals surface area contributed by atoms with Crippen LogP contribution in [0.25, 0.3) is 22.2 Å². The van der Waals surface area contributed by atoms with Gasteiger partial charge in [0.15, 0.2) is 0 Å². The van der Waals surface area contributed by atoms with E-state index in [0.717, 1.165) is 39.2 Å². The molecule has 3 heteroatoms. The summed E-state index contributed by atoms with van der Waals surface area (Å²) in [5.74, 6) is 4.26. The van der Waals surface area contributed by atoms with Gasteiger partial charge in [0.25, 0.3) is 0 Å². The van der Waals surface area contributed by atoms with Crippen molar-refractivity contribution in [3.63, 3.8) is 0 Å². The summed E-state index contributed by atoms with van der Waals surface area (Å²) >= 11 is 0. The number of para-hydroxylation sites is 2. The van der Waals surface area contributed by atoms with Crippen LogP contribution < -0.4 is 4.74 Å². The zero-order valence-electron chi connectivity index (χ0n) is 12.9. The van der Waals surface area contributed by atoms with Crippen LogP contribution in [0.3, 0.4) is 0 Å². The van der Waals surface area contributed by atoms with Crippen molar-refractivity contribution in [2.45, 2.75) is 0 Å². The van der Waals surface area contributed by atoms with Gasteiger partial charge >= 0.3 is 0 Å². The highest BCUT2D eigenvalue weighted by Gasteiger charge is 2.10.